The summed E-state index contributed by atoms with van der Waals surface area (Å²) in [5, 5.41) is 14.3. The number of carbonyl (C=O) groups is 1. The van der Waals surface area contributed by atoms with Crippen LogP contribution < -0.4 is 15.2 Å². The van der Waals surface area contributed by atoms with Gasteiger partial charge >= 0.3 is 5.97 Å². The minimum absolute atomic E-state index is 0.151. The molecule has 2 aromatic carbocycles. The number of nitro benzene ring substituents is 1. The lowest BCUT2D eigenvalue weighted by Gasteiger charge is -2.08. The number of nitro groups is 1. The maximum Gasteiger partial charge on any atom is 0.365 e. The Labute approximate surface area is 142 Å². The van der Waals surface area contributed by atoms with Crippen LogP contribution in [0.5, 0.6) is 11.5 Å². The second-order valence-electron chi connectivity index (χ2n) is 4.73. The van der Waals surface area contributed by atoms with Crippen LogP contribution in [0.15, 0.2) is 47.6 Å². The Kier molecular flexibility index (Phi) is 5.51. The monoisotopic (exact) mass is 345 g/mol. The van der Waals surface area contributed by atoms with Crippen molar-refractivity contribution in [3.05, 3.63) is 63.7 Å². The van der Waals surface area contributed by atoms with Crippen LogP contribution in [0.3, 0.4) is 0 Å². The molecule has 2 rings (SSSR count). The van der Waals surface area contributed by atoms with Gasteiger partial charge in [-0.15, -0.1) is 0 Å². The lowest BCUT2D eigenvalue weighted by atomic mass is 10.2. The van der Waals surface area contributed by atoms with Crippen LogP contribution in [-0.2, 0) is 4.84 Å². The Morgan fingerprint density at radius 1 is 1.08 bits per heavy atom. The average molecular weight is 345 g/mol. The molecular weight excluding hydrogens is 330 g/mol. The fourth-order valence-corrected chi connectivity index (χ4v) is 1.94. The predicted octanol–water partition coefficient (Wildman–Crippen LogP) is 2.09. The van der Waals surface area contributed by atoms with E-state index in [2.05, 4.69) is 5.16 Å². The molecule has 0 saturated heterocycles. The second kappa shape index (κ2) is 7.77. The number of amidine groups is 1. The molecule has 25 heavy (non-hydrogen) atoms. The molecular formula is C16H15N3O6. The number of ether oxygens (including phenoxy) is 2. The largest absolute Gasteiger partial charge is 0.493 e. The quantitative estimate of drug-likeness (QED) is 0.279. The molecule has 9 nitrogen and oxygen atoms in total. The van der Waals surface area contributed by atoms with Gasteiger partial charge in [0.05, 0.1) is 24.7 Å². The number of hydrogen-bond donors (Lipinski definition) is 1. The molecule has 0 amide bonds. The van der Waals surface area contributed by atoms with Crippen molar-refractivity contribution in [3.63, 3.8) is 0 Å². The zero-order chi connectivity index (χ0) is 18.4. The Morgan fingerprint density at radius 2 is 1.80 bits per heavy atom. The predicted molar refractivity (Wildman–Crippen MR) is 88.8 cm³/mol. The van der Waals surface area contributed by atoms with Crippen molar-refractivity contribution >= 4 is 17.5 Å². The van der Waals surface area contributed by atoms with E-state index in [1.807, 2.05) is 0 Å². The van der Waals surface area contributed by atoms with Crippen LogP contribution in [0.25, 0.3) is 0 Å². The number of carbonyl (C=O) groups excluding carboxylic acids is 1. The summed E-state index contributed by atoms with van der Waals surface area (Å²) in [6.45, 7) is 0. The number of nitrogens with two attached hydrogens (primary N) is 1. The number of benzene rings is 2. The van der Waals surface area contributed by atoms with Gasteiger partial charge in [0.1, 0.15) is 0 Å². The topological polar surface area (TPSA) is 126 Å². The first-order valence-corrected chi connectivity index (χ1v) is 6.98. The number of oxime groups is 1. The van der Waals surface area contributed by atoms with Gasteiger partial charge in [-0.2, -0.15) is 0 Å². The molecule has 0 spiro atoms. The lowest BCUT2D eigenvalue weighted by molar-refractivity contribution is -0.384. The molecule has 0 fully saturated rings. The number of rotatable bonds is 6. The van der Waals surface area contributed by atoms with E-state index < -0.39 is 10.9 Å². The Bertz CT molecular complexity index is 834. The molecule has 0 aliphatic carbocycles. The maximum absolute atomic E-state index is 12.0. The third-order valence-electron chi connectivity index (χ3n) is 3.20. The zero-order valence-corrected chi connectivity index (χ0v) is 13.5. The van der Waals surface area contributed by atoms with Crippen LogP contribution in [0.1, 0.15) is 15.9 Å². The van der Waals surface area contributed by atoms with Crippen molar-refractivity contribution in [2.24, 2.45) is 10.9 Å². The Balaban J connectivity index is 2.16. The molecule has 0 aliphatic heterocycles. The molecule has 0 aromatic heterocycles. The summed E-state index contributed by atoms with van der Waals surface area (Å²) in [5.74, 6) is -0.127. The molecule has 9 heteroatoms. The van der Waals surface area contributed by atoms with Gasteiger partial charge < -0.3 is 20.0 Å². The highest BCUT2D eigenvalue weighted by Crippen LogP contribution is 2.27. The molecule has 0 aliphatic rings. The highest BCUT2D eigenvalue weighted by molar-refractivity contribution is 5.98. The van der Waals surface area contributed by atoms with Crippen molar-refractivity contribution in [2.75, 3.05) is 14.2 Å². The van der Waals surface area contributed by atoms with Crippen molar-refractivity contribution in [2.45, 2.75) is 0 Å². The standard InChI is InChI=1S/C16H15N3O6/c1-23-13-7-6-11(9-14(13)24-2)16(20)25-18-15(17)10-4-3-5-12(8-10)19(21)22/h3-9H,1-2H3,(H2,17,18). The minimum Gasteiger partial charge on any atom is -0.493 e. The normalized spacial score (nSPS) is 10.9. The highest BCUT2D eigenvalue weighted by atomic mass is 16.7. The highest BCUT2D eigenvalue weighted by Gasteiger charge is 2.13. The summed E-state index contributed by atoms with van der Waals surface area (Å²) >= 11 is 0. The molecule has 0 radical (unpaired) electrons. The van der Waals surface area contributed by atoms with Crippen molar-refractivity contribution in [1.82, 2.24) is 0 Å². The molecule has 2 aromatic rings. The SMILES string of the molecule is COc1ccc(C(=O)ON=C(N)c2cccc([N+](=O)[O-])c2)cc1OC. The van der Waals surface area contributed by atoms with Gasteiger partial charge in [0.2, 0.25) is 0 Å². The van der Waals surface area contributed by atoms with Crippen LogP contribution >= 0.6 is 0 Å². The van der Waals surface area contributed by atoms with Gasteiger partial charge in [-0.1, -0.05) is 17.3 Å². The smallest absolute Gasteiger partial charge is 0.365 e. The molecule has 2 N–H and O–H groups in total. The Morgan fingerprint density at radius 3 is 2.44 bits per heavy atom. The van der Waals surface area contributed by atoms with E-state index in [9.17, 15) is 14.9 Å². The maximum atomic E-state index is 12.0. The third-order valence-corrected chi connectivity index (χ3v) is 3.20. The second-order valence-corrected chi connectivity index (χ2v) is 4.73. The van der Waals surface area contributed by atoms with Crippen LogP contribution in [-0.4, -0.2) is 30.9 Å². The van der Waals surface area contributed by atoms with Crippen molar-refractivity contribution in [3.8, 4) is 11.5 Å². The van der Waals surface area contributed by atoms with Gasteiger partial charge in [0.15, 0.2) is 17.3 Å². The summed E-state index contributed by atoms with van der Waals surface area (Å²) in [7, 11) is 2.91. The first kappa shape index (κ1) is 17.7. The molecule has 0 unspecified atom stereocenters. The first-order valence-electron chi connectivity index (χ1n) is 6.98. The van der Waals surface area contributed by atoms with E-state index in [0.29, 0.717) is 11.5 Å². The van der Waals surface area contributed by atoms with E-state index in [0.717, 1.165) is 0 Å². The number of methoxy groups -OCH3 is 2. The molecule has 0 atom stereocenters. The van der Waals surface area contributed by atoms with E-state index >= 15 is 0 Å². The van der Waals surface area contributed by atoms with E-state index in [4.69, 9.17) is 20.0 Å². The fraction of sp³-hybridized carbons (Fsp3) is 0.125. The lowest BCUT2D eigenvalue weighted by Crippen LogP contribution is -2.15. The summed E-state index contributed by atoms with van der Waals surface area (Å²) in [4.78, 5) is 27.0. The Hall–Kier alpha value is -3.62. The molecule has 0 heterocycles. The average Bonchev–Trinajstić information content (AvgIpc) is 2.65. The summed E-state index contributed by atoms with van der Waals surface area (Å²) in [5.41, 5.74) is 5.98. The molecule has 0 saturated carbocycles. The van der Waals surface area contributed by atoms with Crippen LogP contribution in [0.2, 0.25) is 0 Å². The number of hydrogen-bond acceptors (Lipinski definition) is 7. The molecule has 0 bridgehead atoms. The van der Waals surface area contributed by atoms with Gasteiger partial charge in [-0.25, -0.2) is 4.79 Å². The number of non-ortho nitro benzene ring substituents is 1. The van der Waals surface area contributed by atoms with E-state index in [1.165, 1.54) is 50.6 Å². The van der Waals surface area contributed by atoms with Crippen molar-refractivity contribution < 1.29 is 24.0 Å². The van der Waals surface area contributed by atoms with E-state index in [-0.39, 0.29) is 22.6 Å². The fourth-order valence-electron chi connectivity index (χ4n) is 1.94. The van der Waals surface area contributed by atoms with Gasteiger partial charge in [0.25, 0.3) is 5.69 Å². The van der Waals surface area contributed by atoms with Gasteiger partial charge in [-0.05, 0) is 18.2 Å². The van der Waals surface area contributed by atoms with Gasteiger partial charge in [0, 0.05) is 17.7 Å². The summed E-state index contributed by atoms with van der Waals surface area (Å²) in [6.07, 6.45) is 0. The zero-order valence-electron chi connectivity index (χ0n) is 13.5. The molecule has 130 valence electrons. The van der Waals surface area contributed by atoms with Crippen LogP contribution in [0, 0.1) is 10.1 Å². The third kappa shape index (κ3) is 4.22. The van der Waals surface area contributed by atoms with Crippen LogP contribution in [0.4, 0.5) is 5.69 Å². The van der Waals surface area contributed by atoms with E-state index in [1.54, 1.807) is 6.07 Å². The minimum atomic E-state index is -0.769. The summed E-state index contributed by atoms with van der Waals surface area (Å²) in [6, 6.07) is 9.95. The van der Waals surface area contributed by atoms with Gasteiger partial charge in [-0.3, -0.25) is 10.1 Å². The van der Waals surface area contributed by atoms with Crippen molar-refractivity contribution in [1.29, 1.82) is 0 Å². The number of nitrogens with zero attached hydrogens (tertiary/aromatic N) is 2. The first-order chi connectivity index (χ1) is 12.0. The summed E-state index contributed by atoms with van der Waals surface area (Å²) < 4.78 is 10.2.